The maximum Gasteiger partial charge on any atom is 0.275 e. The number of aromatic hydroxyl groups is 2. The van der Waals surface area contributed by atoms with E-state index in [4.69, 9.17) is 5.11 Å². The number of phenols is 2. The number of hydrazone groups is 1. The minimum absolute atomic E-state index is 0.0148. The minimum atomic E-state index is -0.624. The summed E-state index contributed by atoms with van der Waals surface area (Å²) in [4.78, 5) is 11.7. The largest absolute Gasteiger partial charge is 0.508 e. The van der Waals surface area contributed by atoms with Crippen LogP contribution in [-0.4, -0.2) is 22.3 Å². The molecule has 0 saturated carbocycles. The van der Waals surface area contributed by atoms with E-state index in [1.165, 1.54) is 42.6 Å². The standard InChI is InChI=1S/C14H11FN2O3/c15-10-3-1-9(2-4-10)8-16-17-14(20)12-6-5-11(18)7-13(12)19/h1-8,18-19H,(H,17,20)/b16-8+. The van der Waals surface area contributed by atoms with Gasteiger partial charge in [0, 0.05) is 6.07 Å². The predicted molar refractivity (Wildman–Crippen MR) is 71.2 cm³/mol. The number of benzene rings is 2. The van der Waals surface area contributed by atoms with E-state index >= 15 is 0 Å². The second kappa shape index (κ2) is 5.83. The highest BCUT2D eigenvalue weighted by Crippen LogP contribution is 2.22. The van der Waals surface area contributed by atoms with E-state index in [0.29, 0.717) is 5.56 Å². The Bertz CT molecular complexity index is 654. The minimum Gasteiger partial charge on any atom is -0.508 e. The van der Waals surface area contributed by atoms with Gasteiger partial charge in [-0.3, -0.25) is 4.79 Å². The first kappa shape index (κ1) is 13.5. The second-order valence-corrected chi connectivity index (χ2v) is 3.95. The van der Waals surface area contributed by atoms with E-state index in [2.05, 4.69) is 10.5 Å². The van der Waals surface area contributed by atoms with Gasteiger partial charge in [0.25, 0.3) is 5.91 Å². The van der Waals surface area contributed by atoms with Crippen LogP contribution in [0.25, 0.3) is 0 Å². The van der Waals surface area contributed by atoms with Gasteiger partial charge in [-0.1, -0.05) is 12.1 Å². The number of halogens is 1. The zero-order chi connectivity index (χ0) is 14.5. The van der Waals surface area contributed by atoms with Gasteiger partial charge in [0.2, 0.25) is 0 Å². The number of amides is 1. The van der Waals surface area contributed by atoms with Crippen LogP contribution in [0.2, 0.25) is 0 Å². The Morgan fingerprint density at radius 1 is 1.15 bits per heavy atom. The first-order chi connectivity index (χ1) is 9.56. The van der Waals surface area contributed by atoms with Gasteiger partial charge in [0.15, 0.2) is 0 Å². The Morgan fingerprint density at radius 2 is 1.85 bits per heavy atom. The number of nitrogens with zero attached hydrogens (tertiary/aromatic N) is 1. The van der Waals surface area contributed by atoms with E-state index in [9.17, 15) is 14.3 Å². The molecule has 0 aliphatic rings. The van der Waals surface area contributed by atoms with Crippen LogP contribution in [0, 0.1) is 5.82 Å². The van der Waals surface area contributed by atoms with Crippen LogP contribution >= 0.6 is 0 Å². The smallest absolute Gasteiger partial charge is 0.275 e. The fourth-order valence-corrected chi connectivity index (χ4v) is 1.49. The zero-order valence-electron chi connectivity index (χ0n) is 10.2. The molecule has 0 radical (unpaired) electrons. The van der Waals surface area contributed by atoms with Gasteiger partial charge in [0.1, 0.15) is 17.3 Å². The molecule has 0 saturated heterocycles. The number of hydrogen-bond donors (Lipinski definition) is 3. The van der Waals surface area contributed by atoms with Crippen molar-refractivity contribution in [1.82, 2.24) is 5.43 Å². The highest BCUT2D eigenvalue weighted by atomic mass is 19.1. The second-order valence-electron chi connectivity index (χ2n) is 3.95. The van der Waals surface area contributed by atoms with Crippen molar-refractivity contribution in [3.8, 4) is 11.5 Å². The van der Waals surface area contributed by atoms with Gasteiger partial charge < -0.3 is 10.2 Å². The maximum absolute atomic E-state index is 12.7. The molecule has 5 nitrogen and oxygen atoms in total. The highest BCUT2D eigenvalue weighted by Gasteiger charge is 2.10. The molecule has 0 heterocycles. The van der Waals surface area contributed by atoms with E-state index in [-0.39, 0.29) is 22.9 Å². The van der Waals surface area contributed by atoms with Crippen LogP contribution in [0.5, 0.6) is 11.5 Å². The summed E-state index contributed by atoms with van der Waals surface area (Å²) in [7, 11) is 0. The number of hydrogen-bond acceptors (Lipinski definition) is 4. The average Bonchev–Trinajstić information content (AvgIpc) is 2.41. The van der Waals surface area contributed by atoms with E-state index in [1.807, 2.05) is 0 Å². The lowest BCUT2D eigenvalue weighted by Gasteiger charge is -2.03. The van der Waals surface area contributed by atoms with Crippen LogP contribution < -0.4 is 5.43 Å². The first-order valence-electron chi connectivity index (χ1n) is 5.67. The molecule has 0 atom stereocenters. The Balaban J connectivity index is 2.03. The molecule has 3 N–H and O–H groups in total. The van der Waals surface area contributed by atoms with Gasteiger partial charge in [-0.25, -0.2) is 9.82 Å². The Kier molecular flexibility index (Phi) is 3.95. The lowest BCUT2D eigenvalue weighted by atomic mass is 10.2. The third kappa shape index (κ3) is 3.32. The highest BCUT2D eigenvalue weighted by molar-refractivity contribution is 5.97. The summed E-state index contributed by atoms with van der Waals surface area (Å²) in [6.45, 7) is 0. The van der Waals surface area contributed by atoms with E-state index in [1.54, 1.807) is 0 Å². The Labute approximate surface area is 114 Å². The number of rotatable bonds is 3. The van der Waals surface area contributed by atoms with Crippen molar-refractivity contribution in [2.24, 2.45) is 5.10 Å². The molecule has 1 amide bonds. The molecule has 0 aromatic heterocycles. The van der Waals surface area contributed by atoms with Gasteiger partial charge in [0.05, 0.1) is 11.8 Å². The zero-order valence-corrected chi connectivity index (χ0v) is 10.2. The van der Waals surface area contributed by atoms with Crippen molar-refractivity contribution in [3.63, 3.8) is 0 Å². The monoisotopic (exact) mass is 274 g/mol. The van der Waals surface area contributed by atoms with Gasteiger partial charge in [-0.2, -0.15) is 5.10 Å². The van der Waals surface area contributed by atoms with Crippen LogP contribution in [0.1, 0.15) is 15.9 Å². The molecule has 20 heavy (non-hydrogen) atoms. The molecule has 0 unspecified atom stereocenters. The fraction of sp³-hybridized carbons (Fsp3) is 0. The lowest BCUT2D eigenvalue weighted by Crippen LogP contribution is -2.17. The predicted octanol–water partition coefficient (Wildman–Crippen LogP) is 2.00. The Hall–Kier alpha value is -2.89. The summed E-state index contributed by atoms with van der Waals surface area (Å²) in [6.07, 6.45) is 1.34. The molecule has 0 spiro atoms. The molecule has 102 valence electrons. The molecule has 0 aliphatic heterocycles. The van der Waals surface area contributed by atoms with E-state index in [0.717, 1.165) is 6.07 Å². The maximum atomic E-state index is 12.7. The van der Waals surface area contributed by atoms with Gasteiger partial charge >= 0.3 is 0 Å². The van der Waals surface area contributed by atoms with Crippen LogP contribution in [0.4, 0.5) is 4.39 Å². The molecular formula is C14H11FN2O3. The van der Waals surface area contributed by atoms with Crippen molar-refractivity contribution < 1.29 is 19.4 Å². The number of nitrogens with one attached hydrogen (secondary N) is 1. The van der Waals surface area contributed by atoms with Crippen molar-refractivity contribution in [2.75, 3.05) is 0 Å². The lowest BCUT2D eigenvalue weighted by molar-refractivity contribution is 0.0952. The molecule has 0 fully saturated rings. The van der Waals surface area contributed by atoms with Crippen molar-refractivity contribution >= 4 is 12.1 Å². The van der Waals surface area contributed by atoms with Crippen LogP contribution in [0.3, 0.4) is 0 Å². The summed E-state index contributed by atoms with van der Waals surface area (Å²) in [6, 6.07) is 9.15. The molecule has 0 aliphatic carbocycles. The first-order valence-corrected chi connectivity index (χ1v) is 5.67. The van der Waals surface area contributed by atoms with Crippen molar-refractivity contribution in [3.05, 3.63) is 59.4 Å². The summed E-state index contributed by atoms with van der Waals surface area (Å²) >= 11 is 0. The summed E-state index contributed by atoms with van der Waals surface area (Å²) < 4.78 is 12.7. The van der Waals surface area contributed by atoms with Crippen LogP contribution in [0.15, 0.2) is 47.6 Å². The number of phenolic OH excluding ortho intramolecular Hbond substituents is 2. The third-order valence-corrected chi connectivity index (χ3v) is 2.48. The average molecular weight is 274 g/mol. The van der Waals surface area contributed by atoms with Crippen molar-refractivity contribution in [2.45, 2.75) is 0 Å². The SMILES string of the molecule is O=C(N/N=C/c1ccc(F)cc1)c1ccc(O)cc1O. The normalized spacial score (nSPS) is 10.7. The summed E-state index contributed by atoms with van der Waals surface area (Å²) in [5.41, 5.74) is 2.82. The molecule has 2 aromatic carbocycles. The molecular weight excluding hydrogens is 263 g/mol. The van der Waals surface area contributed by atoms with Gasteiger partial charge in [-0.15, -0.1) is 0 Å². The van der Waals surface area contributed by atoms with E-state index < -0.39 is 5.91 Å². The molecule has 6 heteroatoms. The number of carbonyl (C=O) groups is 1. The molecule has 2 aromatic rings. The molecule has 0 bridgehead atoms. The quantitative estimate of drug-likeness (QED) is 0.591. The third-order valence-electron chi connectivity index (χ3n) is 2.48. The van der Waals surface area contributed by atoms with Crippen LogP contribution in [-0.2, 0) is 0 Å². The summed E-state index contributed by atoms with van der Waals surface area (Å²) in [5, 5.41) is 22.3. The van der Waals surface area contributed by atoms with Gasteiger partial charge in [-0.05, 0) is 29.8 Å². The fourth-order valence-electron chi connectivity index (χ4n) is 1.49. The number of carbonyl (C=O) groups excluding carboxylic acids is 1. The topological polar surface area (TPSA) is 81.9 Å². The Morgan fingerprint density at radius 3 is 2.50 bits per heavy atom. The van der Waals surface area contributed by atoms with Crippen molar-refractivity contribution in [1.29, 1.82) is 0 Å². The molecule has 2 rings (SSSR count). The summed E-state index contributed by atoms with van der Waals surface area (Å²) in [5.74, 6) is -1.48.